The predicted molar refractivity (Wildman–Crippen MR) is 69.6 cm³/mol. The number of benzene rings is 1. The van der Waals surface area contributed by atoms with E-state index in [9.17, 15) is 9.90 Å². The number of ether oxygens (including phenoxy) is 2. The van der Waals surface area contributed by atoms with Gasteiger partial charge in [-0.1, -0.05) is 30.3 Å². The summed E-state index contributed by atoms with van der Waals surface area (Å²) in [6.07, 6.45) is -0.377. The van der Waals surface area contributed by atoms with Gasteiger partial charge in [-0.2, -0.15) is 0 Å². The Hall–Kier alpha value is -1.59. The average molecular weight is 265 g/mol. The number of carbonyl (C=O) groups is 1. The summed E-state index contributed by atoms with van der Waals surface area (Å²) in [5.74, 6) is 0. The van der Waals surface area contributed by atoms with E-state index in [-0.39, 0.29) is 25.3 Å². The van der Waals surface area contributed by atoms with E-state index in [0.29, 0.717) is 6.54 Å². The molecule has 104 valence electrons. The van der Waals surface area contributed by atoms with E-state index in [1.54, 1.807) is 12.0 Å². The van der Waals surface area contributed by atoms with Crippen molar-refractivity contribution in [3.63, 3.8) is 0 Å². The summed E-state index contributed by atoms with van der Waals surface area (Å²) < 4.78 is 10.5. The molecule has 1 heterocycles. The normalized spacial score (nSPS) is 25.8. The molecule has 2 rings (SSSR count). The number of likely N-dealkylation sites (tertiary alicyclic amines) is 1. The molecule has 1 aromatic carbocycles. The fourth-order valence-corrected chi connectivity index (χ4v) is 2.24. The molecular weight excluding hydrogens is 246 g/mol. The molecule has 1 fully saturated rings. The highest BCUT2D eigenvalue weighted by atomic mass is 16.6. The van der Waals surface area contributed by atoms with Crippen LogP contribution in [0.3, 0.4) is 0 Å². The predicted octanol–water partition coefficient (Wildman–Crippen LogP) is 1.40. The van der Waals surface area contributed by atoms with Crippen molar-refractivity contribution in [1.82, 2.24) is 4.90 Å². The molecule has 1 aromatic rings. The molecule has 19 heavy (non-hydrogen) atoms. The minimum absolute atomic E-state index is 0.104. The van der Waals surface area contributed by atoms with Gasteiger partial charge >= 0.3 is 6.09 Å². The van der Waals surface area contributed by atoms with Crippen LogP contribution < -0.4 is 0 Å². The molecular formula is C14H19NO4. The van der Waals surface area contributed by atoms with Crippen molar-refractivity contribution in [2.75, 3.05) is 20.3 Å². The van der Waals surface area contributed by atoms with Gasteiger partial charge in [-0.15, -0.1) is 0 Å². The molecule has 1 aliphatic rings. The quantitative estimate of drug-likeness (QED) is 0.894. The van der Waals surface area contributed by atoms with Gasteiger partial charge in [0.05, 0.1) is 19.2 Å². The fraction of sp³-hybridized carbons (Fsp3) is 0.500. The Morgan fingerprint density at radius 3 is 2.68 bits per heavy atom. The highest BCUT2D eigenvalue weighted by molar-refractivity contribution is 5.70. The van der Waals surface area contributed by atoms with Crippen molar-refractivity contribution in [1.29, 1.82) is 0 Å². The third-order valence-corrected chi connectivity index (χ3v) is 3.78. The van der Waals surface area contributed by atoms with Gasteiger partial charge in [0, 0.05) is 7.11 Å². The van der Waals surface area contributed by atoms with Crippen molar-refractivity contribution in [3.05, 3.63) is 35.9 Å². The number of carbonyl (C=O) groups excluding carboxylic acids is 1. The van der Waals surface area contributed by atoms with Crippen LogP contribution in [0, 0.1) is 0 Å². The number of hydrogen-bond donors (Lipinski definition) is 1. The maximum absolute atomic E-state index is 11.9. The monoisotopic (exact) mass is 265 g/mol. The lowest BCUT2D eigenvalue weighted by molar-refractivity contribution is -0.175. The molecule has 1 saturated heterocycles. The first-order valence-corrected chi connectivity index (χ1v) is 6.26. The van der Waals surface area contributed by atoms with E-state index in [1.165, 1.54) is 0 Å². The Morgan fingerprint density at radius 1 is 1.47 bits per heavy atom. The Bertz CT molecular complexity index is 430. The molecule has 0 aliphatic carbocycles. The first-order chi connectivity index (χ1) is 9.13. The van der Waals surface area contributed by atoms with Crippen LogP contribution in [0.1, 0.15) is 12.5 Å². The second-order valence-electron chi connectivity index (χ2n) is 4.77. The summed E-state index contributed by atoms with van der Waals surface area (Å²) in [6, 6.07) is 9.33. The molecule has 1 amide bonds. The number of amides is 1. The molecule has 0 aromatic heterocycles. The van der Waals surface area contributed by atoms with E-state index in [1.807, 2.05) is 37.3 Å². The average Bonchev–Trinajstić information content (AvgIpc) is 2.46. The SMILES string of the molecule is COC1(CO)CN(C(=O)OCc2ccccc2)C1C. The minimum atomic E-state index is -0.647. The number of rotatable bonds is 4. The van der Waals surface area contributed by atoms with Crippen molar-refractivity contribution >= 4 is 6.09 Å². The van der Waals surface area contributed by atoms with Crippen LogP contribution in [0.5, 0.6) is 0 Å². The fourth-order valence-electron chi connectivity index (χ4n) is 2.24. The lowest BCUT2D eigenvalue weighted by Crippen LogP contribution is -2.72. The van der Waals surface area contributed by atoms with E-state index in [0.717, 1.165) is 5.56 Å². The van der Waals surface area contributed by atoms with Crippen LogP contribution in [0.2, 0.25) is 0 Å². The van der Waals surface area contributed by atoms with Crippen molar-refractivity contribution in [2.24, 2.45) is 0 Å². The van der Waals surface area contributed by atoms with Gasteiger partial charge in [-0.3, -0.25) is 4.90 Å². The lowest BCUT2D eigenvalue weighted by atomic mass is 9.85. The standard InChI is InChI=1S/C14H19NO4/c1-11-14(10-16,18-2)9-15(11)13(17)19-8-12-6-4-3-5-7-12/h3-7,11,16H,8-10H2,1-2H3. The molecule has 0 bridgehead atoms. The van der Waals surface area contributed by atoms with Crippen LogP contribution in [0.15, 0.2) is 30.3 Å². The van der Waals surface area contributed by atoms with E-state index < -0.39 is 5.60 Å². The van der Waals surface area contributed by atoms with Crippen molar-refractivity contribution in [2.45, 2.75) is 25.2 Å². The molecule has 2 atom stereocenters. The van der Waals surface area contributed by atoms with Crippen molar-refractivity contribution in [3.8, 4) is 0 Å². The Balaban J connectivity index is 1.86. The highest BCUT2D eigenvalue weighted by Gasteiger charge is 2.53. The van der Waals surface area contributed by atoms with Gasteiger partial charge in [0.1, 0.15) is 12.2 Å². The topological polar surface area (TPSA) is 59.0 Å². The van der Waals surface area contributed by atoms with Gasteiger partial charge in [-0.25, -0.2) is 4.79 Å². The summed E-state index contributed by atoms with van der Waals surface area (Å²) in [5, 5.41) is 9.31. The molecule has 0 saturated carbocycles. The summed E-state index contributed by atoms with van der Waals surface area (Å²) in [6.45, 7) is 2.34. The van der Waals surface area contributed by atoms with Gasteiger partial charge in [-0.05, 0) is 12.5 Å². The minimum Gasteiger partial charge on any atom is -0.445 e. The van der Waals surface area contributed by atoms with Crippen LogP contribution in [-0.4, -0.2) is 48.0 Å². The summed E-state index contributed by atoms with van der Waals surface area (Å²) in [4.78, 5) is 13.5. The third-order valence-electron chi connectivity index (χ3n) is 3.78. The number of aliphatic hydroxyl groups excluding tert-OH is 1. The second-order valence-corrected chi connectivity index (χ2v) is 4.77. The molecule has 0 spiro atoms. The second kappa shape index (κ2) is 5.59. The number of nitrogens with zero attached hydrogens (tertiary/aromatic N) is 1. The van der Waals surface area contributed by atoms with E-state index >= 15 is 0 Å². The zero-order valence-corrected chi connectivity index (χ0v) is 11.2. The summed E-state index contributed by atoms with van der Waals surface area (Å²) >= 11 is 0. The first-order valence-electron chi connectivity index (χ1n) is 6.26. The Kier molecular flexibility index (Phi) is 4.07. The van der Waals surface area contributed by atoms with Crippen LogP contribution >= 0.6 is 0 Å². The number of hydrogen-bond acceptors (Lipinski definition) is 4. The molecule has 0 radical (unpaired) electrons. The lowest BCUT2D eigenvalue weighted by Gasteiger charge is -2.53. The molecule has 5 nitrogen and oxygen atoms in total. The van der Waals surface area contributed by atoms with Gasteiger partial charge < -0.3 is 14.6 Å². The number of methoxy groups -OCH3 is 1. The maximum atomic E-state index is 11.9. The maximum Gasteiger partial charge on any atom is 0.410 e. The van der Waals surface area contributed by atoms with Crippen molar-refractivity contribution < 1.29 is 19.4 Å². The van der Waals surface area contributed by atoms with Gasteiger partial charge in [0.2, 0.25) is 0 Å². The van der Waals surface area contributed by atoms with Gasteiger partial charge in [0.25, 0.3) is 0 Å². The smallest absolute Gasteiger partial charge is 0.410 e. The highest BCUT2D eigenvalue weighted by Crippen LogP contribution is 2.32. The third kappa shape index (κ3) is 2.57. The van der Waals surface area contributed by atoms with Crippen LogP contribution in [0.25, 0.3) is 0 Å². The molecule has 5 heteroatoms. The first kappa shape index (κ1) is 13.8. The van der Waals surface area contributed by atoms with E-state index in [4.69, 9.17) is 9.47 Å². The Labute approximate surface area is 112 Å². The number of aliphatic hydroxyl groups is 1. The van der Waals surface area contributed by atoms with Crippen LogP contribution in [-0.2, 0) is 16.1 Å². The largest absolute Gasteiger partial charge is 0.445 e. The molecule has 1 N–H and O–H groups in total. The summed E-state index contributed by atoms with van der Waals surface area (Å²) in [7, 11) is 1.54. The summed E-state index contributed by atoms with van der Waals surface area (Å²) in [5.41, 5.74) is 0.301. The van der Waals surface area contributed by atoms with Crippen LogP contribution in [0.4, 0.5) is 4.79 Å². The van der Waals surface area contributed by atoms with E-state index in [2.05, 4.69) is 0 Å². The zero-order chi connectivity index (χ0) is 13.9. The molecule has 1 aliphatic heterocycles. The Morgan fingerprint density at radius 2 is 2.16 bits per heavy atom. The molecule has 2 unspecified atom stereocenters. The van der Waals surface area contributed by atoms with Gasteiger partial charge in [0.15, 0.2) is 0 Å². The zero-order valence-electron chi connectivity index (χ0n) is 11.2.